The Balaban J connectivity index is 1.74. The van der Waals surface area contributed by atoms with Crippen LogP contribution in [0.3, 0.4) is 0 Å². The van der Waals surface area contributed by atoms with Crippen LogP contribution in [0.4, 0.5) is 0 Å². The third-order valence-corrected chi connectivity index (χ3v) is 3.05. The molecule has 6 heteroatoms. The minimum absolute atomic E-state index is 0.0453. The van der Waals surface area contributed by atoms with Crippen LogP contribution >= 0.6 is 0 Å². The van der Waals surface area contributed by atoms with E-state index in [4.69, 9.17) is 4.74 Å². The molecule has 1 aliphatic heterocycles. The fraction of sp³-hybridized carbons (Fsp3) is 0.667. The smallest absolute Gasteiger partial charge is 0.224 e. The second-order valence-corrected chi connectivity index (χ2v) is 4.94. The Morgan fingerprint density at radius 2 is 2.33 bits per heavy atom. The number of carbonyl (C=O) groups is 1. The lowest BCUT2D eigenvalue weighted by atomic mass is 9.95. The third kappa shape index (κ3) is 2.88. The van der Waals surface area contributed by atoms with E-state index in [0.717, 1.165) is 5.56 Å². The van der Waals surface area contributed by atoms with Crippen molar-refractivity contribution in [3.63, 3.8) is 0 Å². The first kappa shape index (κ1) is 13.0. The first-order valence-corrected chi connectivity index (χ1v) is 6.00. The number of hydrogen-bond acceptors (Lipinski definition) is 4. The summed E-state index contributed by atoms with van der Waals surface area (Å²) in [4.78, 5) is 13.5. The minimum Gasteiger partial charge on any atom is -0.384 e. The summed E-state index contributed by atoms with van der Waals surface area (Å²) in [7, 11) is 1.54. The van der Waals surface area contributed by atoms with Crippen LogP contribution in [0.15, 0.2) is 12.4 Å². The van der Waals surface area contributed by atoms with E-state index in [1.807, 2.05) is 13.1 Å². The second kappa shape index (κ2) is 5.07. The molecule has 0 bridgehead atoms. The highest BCUT2D eigenvalue weighted by Gasteiger charge is 2.43. The van der Waals surface area contributed by atoms with Gasteiger partial charge in [0.15, 0.2) is 0 Å². The molecule has 18 heavy (non-hydrogen) atoms. The van der Waals surface area contributed by atoms with E-state index in [1.165, 1.54) is 0 Å². The fourth-order valence-corrected chi connectivity index (χ4v) is 2.16. The highest BCUT2D eigenvalue weighted by atomic mass is 16.5. The average molecular weight is 253 g/mol. The molecule has 6 nitrogen and oxygen atoms in total. The summed E-state index contributed by atoms with van der Waals surface area (Å²) < 4.78 is 6.67. The molecule has 0 radical (unpaired) electrons. The maximum Gasteiger partial charge on any atom is 0.224 e. The van der Waals surface area contributed by atoms with Gasteiger partial charge in [-0.15, -0.1) is 0 Å². The second-order valence-electron chi connectivity index (χ2n) is 4.94. The molecule has 2 rings (SSSR count). The van der Waals surface area contributed by atoms with Crippen LogP contribution in [0.2, 0.25) is 0 Å². The molecular formula is C12H19N3O3. The number of methoxy groups -OCH3 is 1. The number of likely N-dealkylation sites (tertiary alicyclic amines) is 1. The lowest BCUT2D eigenvalue weighted by Crippen LogP contribution is -2.65. The minimum atomic E-state index is -0.854. The van der Waals surface area contributed by atoms with Crippen LogP contribution < -0.4 is 0 Å². The SMILES string of the molecule is COCC1(O)CN(C(=O)CCn2cc(C)cn2)C1. The van der Waals surface area contributed by atoms with Crippen LogP contribution in [-0.2, 0) is 16.1 Å². The largest absolute Gasteiger partial charge is 0.384 e. The van der Waals surface area contributed by atoms with Gasteiger partial charge in [-0.1, -0.05) is 0 Å². The number of β-amino-alcohol motifs (C(OH)–C–C–N with tert-alkyl or cyclic N) is 1. The topological polar surface area (TPSA) is 67.6 Å². The van der Waals surface area contributed by atoms with Gasteiger partial charge < -0.3 is 14.7 Å². The Morgan fingerprint density at radius 3 is 2.89 bits per heavy atom. The predicted octanol–water partition coefficient (Wildman–Crippen LogP) is -0.199. The first-order chi connectivity index (χ1) is 8.52. The summed E-state index contributed by atoms with van der Waals surface area (Å²) in [6, 6.07) is 0. The van der Waals surface area contributed by atoms with Crippen molar-refractivity contribution in [3.05, 3.63) is 18.0 Å². The molecule has 2 heterocycles. The number of aryl methyl sites for hydroxylation is 2. The zero-order valence-electron chi connectivity index (χ0n) is 10.8. The van der Waals surface area contributed by atoms with Gasteiger partial charge in [-0.2, -0.15) is 5.10 Å². The van der Waals surface area contributed by atoms with Gasteiger partial charge in [0.2, 0.25) is 5.91 Å². The normalized spacial score (nSPS) is 17.6. The Bertz CT molecular complexity index is 424. The number of hydrogen-bond donors (Lipinski definition) is 1. The number of amides is 1. The van der Waals surface area contributed by atoms with Crippen LogP contribution in [-0.4, -0.2) is 58.1 Å². The molecular weight excluding hydrogens is 234 g/mol. The van der Waals surface area contributed by atoms with Gasteiger partial charge in [-0.3, -0.25) is 9.48 Å². The number of rotatable bonds is 5. The monoisotopic (exact) mass is 253 g/mol. The van der Waals surface area contributed by atoms with E-state index < -0.39 is 5.60 Å². The van der Waals surface area contributed by atoms with E-state index in [9.17, 15) is 9.90 Å². The van der Waals surface area contributed by atoms with Crippen molar-refractivity contribution < 1.29 is 14.6 Å². The van der Waals surface area contributed by atoms with E-state index in [2.05, 4.69) is 5.10 Å². The summed E-state index contributed by atoms with van der Waals surface area (Å²) in [6.45, 7) is 3.53. The molecule has 0 spiro atoms. The van der Waals surface area contributed by atoms with Gasteiger partial charge >= 0.3 is 0 Å². The van der Waals surface area contributed by atoms with Gasteiger partial charge in [0.05, 0.1) is 25.9 Å². The van der Waals surface area contributed by atoms with Crippen LogP contribution in [0.25, 0.3) is 0 Å². The first-order valence-electron chi connectivity index (χ1n) is 6.00. The van der Waals surface area contributed by atoms with Crippen LogP contribution in [0.5, 0.6) is 0 Å². The van der Waals surface area contributed by atoms with Crippen LogP contribution in [0, 0.1) is 6.92 Å². The van der Waals surface area contributed by atoms with E-state index in [1.54, 1.807) is 22.9 Å². The quantitative estimate of drug-likeness (QED) is 0.789. The molecule has 0 atom stereocenters. The van der Waals surface area contributed by atoms with E-state index in [0.29, 0.717) is 26.1 Å². The molecule has 0 aliphatic carbocycles. The van der Waals surface area contributed by atoms with Crippen molar-refractivity contribution in [3.8, 4) is 0 Å². The molecule has 1 aromatic heterocycles. The Labute approximate surface area is 106 Å². The summed E-state index contributed by atoms with van der Waals surface area (Å²) >= 11 is 0. The number of aromatic nitrogens is 2. The van der Waals surface area contributed by atoms with Crippen molar-refractivity contribution in [1.82, 2.24) is 14.7 Å². The number of carbonyl (C=O) groups excluding carboxylic acids is 1. The molecule has 1 saturated heterocycles. The summed E-state index contributed by atoms with van der Waals surface area (Å²) in [5, 5.41) is 14.0. The van der Waals surface area contributed by atoms with Crippen molar-refractivity contribution in [2.24, 2.45) is 0 Å². The molecule has 1 aliphatic rings. The Hall–Kier alpha value is -1.40. The number of aliphatic hydroxyl groups is 1. The molecule has 0 unspecified atom stereocenters. The lowest BCUT2D eigenvalue weighted by molar-refractivity contribution is -0.164. The van der Waals surface area contributed by atoms with Crippen molar-refractivity contribution in [1.29, 1.82) is 0 Å². The highest BCUT2D eigenvalue weighted by molar-refractivity contribution is 5.77. The average Bonchev–Trinajstić information content (AvgIpc) is 2.69. The maximum absolute atomic E-state index is 11.8. The Morgan fingerprint density at radius 1 is 1.61 bits per heavy atom. The molecule has 0 aromatic carbocycles. The van der Waals surface area contributed by atoms with Gasteiger partial charge in [-0.05, 0) is 12.5 Å². The maximum atomic E-state index is 11.8. The van der Waals surface area contributed by atoms with Crippen molar-refractivity contribution in [2.75, 3.05) is 26.8 Å². The van der Waals surface area contributed by atoms with Gasteiger partial charge in [0, 0.05) is 26.3 Å². The summed E-state index contributed by atoms with van der Waals surface area (Å²) in [6.07, 6.45) is 4.08. The molecule has 0 saturated carbocycles. The fourth-order valence-electron chi connectivity index (χ4n) is 2.16. The van der Waals surface area contributed by atoms with Gasteiger partial charge in [0.1, 0.15) is 5.60 Å². The standard InChI is InChI=1S/C12H19N3O3/c1-10-5-13-15(6-10)4-3-11(16)14-7-12(17,8-14)9-18-2/h5-6,17H,3-4,7-9H2,1-2H3. The Kier molecular flexibility index (Phi) is 3.68. The molecule has 1 N–H and O–H groups in total. The van der Waals surface area contributed by atoms with Crippen LogP contribution in [0.1, 0.15) is 12.0 Å². The van der Waals surface area contributed by atoms with E-state index in [-0.39, 0.29) is 12.5 Å². The van der Waals surface area contributed by atoms with Gasteiger partial charge in [0.25, 0.3) is 0 Å². The zero-order chi connectivity index (χ0) is 13.2. The van der Waals surface area contributed by atoms with Gasteiger partial charge in [-0.25, -0.2) is 0 Å². The molecule has 100 valence electrons. The zero-order valence-corrected chi connectivity index (χ0v) is 10.8. The molecule has 1 aromatic rings. The van der Waals surface area contributed by atoms with E-state index >= 15 is 0 Å². The third-order valence-electron chi connectivity index (χ3n) is 3.05. The predicted molar refractivity (Wildman–Crippen MR) is 65.0 cm³/mol. The molecule has 1 fully saturated rings. The highest BCUT2D eigenvalue weighted by Crippen LogP contribution is 2.21. The lowest BCUT2D eigenvalue weighted by Gasteiger charge is -2.46. The number of nitrogens with zero attached hydrogens (tertiary/aromatic N) is 3. The summed E-state index contributed by atoms with van der Waals surface area (Å²) in [5.41, 5.74) is 0.230. The summed E-state index contributed by atoms with van der Waals surface area (Å²) in [5.74, 6) is 0.0453. The number of ether oxygens (including phenoxy) is 1. The van der Waals surface area contributed by atoms with Crippen molar-refractivity contribution >= 4 is 5.91 Å². The van der Waals surface area contributed by atoms with Crippen molar-refractivity contribution in [2.45, 2.75) is 25.5 Å². The molecule has 1 amide bonds.